The standard InChI is InChI=1S/C12H14INO2/c1-12(2,3)8-4-7-6-14-11(15)16-10(7)9(13)5-8/h4-5H,6H2,1-3H3,(H,14,15). The average Bonchev–Trinajstić information content (AvgIpc) is 2.17. The number of carbonyl (C=O) groups is 1. The van der Waals surface area contributed by atoms with Gasteiger partial charge in [0.15, 0.2) is 5.75 Å². The molecule has 1 aromatic carbocycles. The van der Waals surface area contributed by atoms with Crippen molar-refractivity contribution in [2.24, 2.45) is 0 Å². The summed E-state index contributed by atoms with van der Waals surface area (Å²) in [6.45, 7) is 7.07. The summed E-state index contributed by atoms with van der Waals surface area (Å²) >= 11 is 2.21. The van der Waals surface area contributed by atoms with Crippen LogP contribution in [0.1, 0.15) is 31.9 Å². The first-order valence-electron chi connectivity index (χ1n) is 5.16. The van der Waals surface area contributed by atoms with E-state index in [2.05, 4.69) is 60.8 Å². The van der Waals surface area contributed by atoms with Crippen LogP contribution in [0.3, 0.4) is 0 Å². The fourth-order valence-electron chi connectivity index (χ4n) is 1.63. The molecule has 0 aromatic heterocycles. The number of hydrogen-bond acceptors (Lipinski definition) is 2. The second-order valence-electron chi connectivity index (χ2n) is 4.94. The molecule has 16 heavy (non-hydrogen) atoms. The Balaban J connectivity index is 2.51. The van der Waals surface area contributed by atoms with Gasteiger partial charge in [0, 0.05) is 12.1 Å². The van der Waals surface area contributed by atoms with Gasteiger partial charge in [0.05, 0.1) is 3.57 Å². The van der Waals surface area contributed by atoms with Crippen LogP contribution in [0.4, 0.5) is 4.79 Å². The van der Waals surface area contributed by atoms with Gasteiger partial charge in [0.2, 0.25) is 0 Å². The Labute approximate surface area is 109 Å². The molecule has 3 nitrogen and oxygen atoms in total. The summed E-state index contributed by atoms with van der Waals surface area (Å²) in [7, 11) is 0. The lowest BCUT2D eigenvalue weighted by atomic mass is 9.86. The third kappa shape index (κ3) is 2.16. The summed E-state index contributed by atoms with van der Waals surface area (Å²) in [6.07, 6.45) is -0.367. The molecule has 86 valence electrons. The van der Waals surface area contributed by atoms with Gasteiger partial charge in [0.1, 0.15) is 0 Å². The van der Waals surface area contributed by atoms with E-state index in [1.165, 1.54) is 5.56 Å². The van der Waals surface area contributed by atoms with E-state index in [4.69, 9.17) is 4.74 Å². The molecular weight excluding hydrogens is 317 g/mol. The van der Waals surface area contributed by atoms with E-state index in [1.807, 2.05) is 0 Å². The predicted octanol–water partition coefficient (Wildman–Crippen LogP) is 3.19. The smallest absolute Gasteiger partial charge is 0.409 e. The third-order valence-corrected chi connectivity index (χ3v) is 3.41. The van der Waals surface area contributed by atoms with Crippen LogP contribution in [0.5, 0.6) is 5.75 Å². The van der Waals surface area contributed by atoms with Gasteiger partial charge in [-0.15, -0.1) is 0 Å². The molecule has 0 radical (unpaired) electrons. The van der Waals surface area contributed by atoms with Crippen LogP contribution in [-0.4, -0.2) is 6.09 Å². The van der Waals surface area contributed by atoms with Crippen LogP contribution in [0.25, 0.3) is 0 Å². The minimum atomic E-state index is -0.367. The number of fused-ring (bicyclic) bond motifs is 1. The normalized spacial score (nSPS) is 15.1. The van der Waals surface area contributed by atoms with Crippen molar-refractivity contribution < 1.29 is 9.53 Å². The van der Waals surface area contributed by atoms with Crippen molar-refractivity contribution in [3.05, 3.63) is 26.8 Å². The number of nitrogens with one attached hydrogen (secondary N) is 1. The van der Waals surface area contributed by atoms with Crippen molar-refractivity contribution in [1.82, 2.24) is 5.32 Å². The quantitative estimate of drug-likeness (QED) is 0.742. The molecule has 0 fully saturated rings. The van der Waals surface area contributed by atoms with Crippen LogP contribution in [0, 0.1) is 3.57 Å². The first-order valence-corrected chi connectivity index (χ1v) is 6.24. The van der Waals surface area contributed by atoms with Gasteiger partial charge in [-0.3, -0.25) is 0 Å². The summed E-state index contributed by atoms with van der Waals surface area (Å²) < 4.78 is 6.17. The van der Waals surface area contributed by atoms with Crippen LogP contribution < -0.4 is 10.1 Å². The molecule has 0 spiro atoms. The molecule has 1 aliphatic heterocycles. The summed E-state index contributed by atoms with van der Waals surface area (Å²) in [5.74, 6) is 0.706. The van der Waals surface area contributed by atoms with Gasteiger partial charge in [0.25, 0.3) is 0 Å². The maximum absolute atomic E-state index is 11.1. The number of benzene rings is 1. The molecule has 2 rings (SSSR count). The Hall–Kier alpha value is -0.780. The molecule has 0 saturated carbocycles. The van der Waals surface area contributed by atoms with Crippen molar-refractivity contribution in [2.45, 2.75) is 32.7 Å². The van der Waals surface area contributed by atoms with Crippen molar-refractivity contribution in [3.63, 3.8) is 0 Å². The largest absolute Gasteiger partial charge is 0.412 e. The summed E-state index contributed by atoms with van der Waals surface area (Å²) in [5, 5.41) is 2.68. The van der Waals surface area contributed by atoms with Crippen LogP contribution in [-0.2, 0) is 12.0 Å². The van der Waals surface area contributed by atoms with E-state index < -0.39 is 0 Å². The molecule has 1 heterocycles. The highest BCUT2D eigenvalue weighted by atomic mass is 127. The van der Waals surface area contributed by atoms with E-state index in [0.717, 1.165) is 9.13 Å². The van der Waals surface area contributed by atoms with E-state index >= 15 is 0 Å². The summed E-state index contributed by atoms with van der Waals surface area (Å²) in [5.41, 5.74) is 2.42. The van der Waals surface area contributed by atoms with Gasteiger partial charge >= 0.3 is 6.09 Å². The maximum atomic E-state index is 11.1. The molecular formula is C12H14INO2. The molecule has 1 amide bonds. The predicted molar refractivity (Wildman–Crippen MR) is 70.7 cm³/mol. The average molecular weight is 331 g/mol. The number of carbonyl (C=O) groups excluding carboxylic acids is 1. The Morgan fingerprint density at radius 2 is 2.06 bits per heavy atom. The first-order chi connectivity index (χ1) is 7.38. The van der Waals surface area contributed by atoms with E-state index in [9.17, 15) is 4.79 Å². The van der Waals surface area contributed by atoms with Crippen LogP contribution in [0.15, 0.2) is 12.1 Å². The minimum absolute atomic E-state index is 0.108. The highest BCUT2D eigenvalue weighted by Gasteiger charge is 2.23. The number of ether oxygens (including phenoxy) is 1. The van der Waals surface area contributed by atoms with Crippen molar-refractivity contribution in [1.29, 1.82) is 0 Å². The number of rotatable bonds is 0. The second-order valence-corrected chi connectivity index (χ2v) is 6.10. The Kier molecular flexibility index (Phi) is 2.86. The van der Waals surface area contributed by atoms with Crippen LogP contribution in [0.2, 0.25) is 0 Å². The lowest BCUT2D eigenvalue weighted by Crippen LogP contribution is -2.32. The number of hydrogen-bond donors (Lipinski definition) is 1. The van der Waals surface area contributed by atoms with Crippen LogP contribution >= 0.6 is 22.6 Å². The van der Waals surface area contributed by atoms with Gasteiger partial charge in [-0.1, -0.05) is 20.8 Å². The molecule has 4 heteroatoms. The SMILES string of the molecule is CC(C)(C)c1cc(I)c2c(c1)CNC(=O)O2. The highest BCUT2D eigenvalue weighted by Crippen LogP contribution is 2.34. The molecule has 0 atom stereocenters. The zero-order chi connectivity index (χ0) is 11.9. The lowest BCUT2D eigenvalue weighted by molar-refractivity contribution is 0.194. The van der Waals surface area contributed by atoms with E-state index in [1.54, 1.807) is 0 Å². The van der Waals surface area contributed by atoms with Gasteiger partial charge < -0.3 is 10.1 Å². The first kappa shape index (κ1) is 11.7. The molecule has 0 aliphatic carbocycles. The zero-order valence-electron chi connectivity index (χ0n) is 9.56. The van der Waals surface area contributed by atoms with E-state index in [-0.39, 0.29) is 11.5 Å². The highest BCUT2D eigenvalue weighted by molar-refractivity contribution is 14.1. The molecule has 1 N–H and O–H groups in total. The minimum Gasteiger partial charge on any atom is -0.409 e. The zero-order valence-corrected chi connectivity index (χ0v) is 11.7. The fraction of sp³-hybridized carbons (Fsp3) is 0.417. The number of halogens is 1. The van der Waals surface area contributed by atoms with Crippen molar-refractivity contribution in [2.75, 3.05) is 0 Å². The number of amides is 1. The summed E-state index contributed by atoms with van der Waals surface area (Å²) in [4.78, 5) is 11.1. The Morgan fingerprint density at radius 3 is 2.69 bits per heavy atom. The fourth-order valence-corrected chi connectivity index (χ4v) is 2.42. The molecule has 0 saturated heterocycles. The Bertz CT molecular complexity index is 449. The van der Waals surface area contributed by atoms with Gasteiger partial charge in [-0.25, -0.2) is 4.79 Å². The molecule has 0 unspecified atom stereocenters. The lowest BCUT2D eigenvalue weighted by Gasteiger charge is -2.24. The second kappa shape index (κ2) is 3.91. The Morgan fingerprint density at radius 1 is 1.38 bits per heavy atom. The van der Waals surface area contributed by atoms with E-state index in [0.29, 0.717) is 12.3 Å². The molecule has 1 aliphatic rings. The van der Waals surface area contributed by atoms with Crippen molar-refractivity contribution >= 4 is 28.7 Å². The van der Waals surface area contributed by atoms with Crippen molar-refractivity contribution in [3.8, 4) is 5.75 Å². The molecule has 0 bridgehead atoms. The van der Waals surface area contributed by atoms with Gasteiger partial charge in [-0.05, 0) is 45.7 Å². The summed E-state index contributed by atoms with van der Waals surface area (Å²) in [6, 6.07) is 4.19. The monoisotopic (exact) mass is 331 g/mol. The maximum Gasteiger partial charge on any atom is 0.412 e. The van der Waals surface area contributed by atoms with Gasteiger partial charge in [-0.2, -0.15) is 0 Å². The topological polar surface area (TPSA) is 38.3 Å². The molecule has 1 aromatic rings. The third-order valence-electron chi connectivity index (χ3n) is 2.60.